The first-order valence-corrected chi connectivity index (χ1v) is 10.9. The number of ketones is 1. The summed E-state index contributed by atoms with van der Waals surface area (Å²) in [5.74, 6) is 0.748. The Morgan fingerprint density at radius 1 is 1.13 bits per heavy atom. The smallest absolute Gasteiger partial charge is 0.183 e. The molecule has 0 aliphatic heterocycles. The number of rotatable bonds is 5. The van der Waals surface area contributed by atoms with E-state index >= 15 is 0 Å². The first kappa shape index (κ1) is 23.2. The number of nitriles is 1. The number of Topliss-reactive ketones (excluding diaryl/α,β-unsaturated/α-hetero) is 1. The van der Waals surface area contributed by atoms with Crippen LogP contribution in [0.4, 0.5) is 0 Å². The molecule has 31 heavy (non-hydrogen) atoms. The molecule has 0 N–H and O–H groups in total. The minimum Gasteiger partial charge on any atom is -0.489 e. The fourth-order valence-electron chi connectivity index (χ4n) is 4.98. The highest BCUT2D eigenvalue weighted by molar-refractivity contribution is 6.31. The van der Waals surface area contributed by atoms with Gasteiger partial charge in [0.2, 0.25) is 0 Å². The highest BCUT2D eigenvalue weighted by atomic mass is 35.5. The average molecular weight is 440 g/mol. The maximum Gasteiger partial charge on any atom is 0.183 e. The number of benzene rings is 1. The van der Waals surface area contributed by atoms with Crippen molar-refractivity contribution in [2.75, 3.05) is 0 Å². The molecule has 2 aromatic rings. The summed E-state index contributed by atoms with van der Waals surface area (Å²) in [7, 11) is 0. The molecule has 0 saturated heterocycles. The Bertz CT molecular complexity index is 1010. The third-order valence-electron chi connectivity index (χ3n) is 6.57. The second kappa shape index (κ2) is 7.91. The molecular formula is C25H30ClN3O2. The van der Waals surface area contributed by atoms with Crippen LogP contribution in [0.5, 0.6) is 5.75 Å². The van der Waals surface area contributed by atoms with E-state index in [4.69, 9.17) is 21.6 Å². The molecule has 0 radical (unpaired) electrons. The summed E-state index contributed by atoms with van der Waals surface area (Å²) < 4.78 is 6.30. The molecule has 1 aromatic heterocycles. The fourth-order valence-corrected chi connectivity index (χ4v) is 5.20. The zero-order valence-electron chi connectivity index (χ0n) is 19.3. The fraction of sp³-hybridized carbons (Fsp3) is 0.520. The lowest BCUT2D eigenvalue weighted by atomic mass is 9.44. The molecular weight excluding hydrogens is 410 g/mol. The Morgan fingerprint density at radius 3 is 2.26 bits per heavy atom. The Morgan fingerprint density at radius 2 is 1.77 bits per heavy atom. The Kier molecular flexibility index (Phi) is 5.92. The number of hydrogen-bond donors (Lipinski definition) is 0. The van der Waals surface area contributed by atoms with Crippen LogP contribution in [0.3, 0.4) is 0 Å². The van der Waals surface area contributed by atoms with Gasteiger partial charge in [0.1, 0.15) is 23.6 Å². The largest absolute Gasteiger partial charge is 0.489 e. The Balaban J connectivity index is 1.74. The second-order valence-corrected chi connectivity index (χ2v) is 11.0. The second-order valence-electron chi connectivity index (χ2n) is 10.6. The summed E-state index contributed by atoms with van der Waals surface area (Å²) >= 11 is 6.16. The van der Waals surface area contributed by atoms with Gasteiger partial charge < -0.3 is 4.74 Å². The predicted molar refractivity (Wildman–Crippen MR) is 121 cm³/mol. The molecule has 0 bridgehead atoms. The minimum atomic E-state index is -0.224. The van der Waals surface area contributed by atoms with Crippen LogP contribution in [0.15, 0.2) is 30.3 Å². The zero-order chi connectivity index (χ0) is 23.2. The number of aromatic nitrogens is 2. The average Bonchev–Trinajstić information content (AvgIpc) is 2.69. The zero-order valence-corrected chi connectivity index (χ0v) is 20.0. The SMILES string of the molecule is CC(C)(C)c1ccc(C(=O)CC2C(C)(C)C(Oc3ccc(C#N)c(Cl)c3)C2(C)C)nn1. The first-order chi connectivity index (χ1) is 14.3. The maximum absolute atomic E-state index is 13.0. The van der Waals surface area contributed by atoms with Gasteiger partial charge in [-0.25, -0.2) is 0 Å². The van der Waals surface area contributed by atoms with Crippen LogP contribution in [0.1, 0.15) is 76.6 Å². The third-order valence-corrected chi connectivity index (χ3v) is 6.88. The molecule has 0 unspecified atom stereocenters. The van der Waals surface area contributed by atoms with Gasteiger partial charge in [0.25, 0.3) is 0 Å². The molecule has 1 aliphatic rings. The van der Waals surface area contributed by atoms with E-state index in [0.717, 1.165) is 5.69 Å². The van der Waals surface area contributed by atoms with Crippen molar-refractivity contribution in [1.82, 2.24) is 10.2 Å². The predicted octanol–water partition coefficient (Wildman–Crippen LogP) is 6.00. The molecule has 1 aromatic carbocycles. The summed E-state index contributed by atoms with van der Waals surface area (Å²) in [6, 6.07) is 10.8. The molecule has 1 saturated carbocycles. The van der Waals surface area contributed by atoms with Crippen LogP contribution in [-0.4, -0.2) is 22.1 Å². The highest BCUT2D eigenvalue weighted by Crippen LogP contribution is 2.61. The standard InChI is InChI=1S/C25H30ClN3O2/c1-23(2,3)21-11-10-18(28-29-21)19(30)13-20-24(4,5)22(25(20,6)7)31-16-9-8-15(14-27)17(26)12-16/h8-12,20,22H,13H2,1-7H3. The topological polar surface area (TPSA) is 75.9 Å². The van der Waals surface area contributed by atoms with Crippen LogP contribution in [-0.2, 0) is 5.41 Å². The van der Waals surface area contributed by atoms with Crippen LogP contribution in [0.2, 0.25) is 5.02 Å². The molecule has 6 heteroatoms. The van der Waals surface area contributed by atoms with Gasteiger partial charge >= 0.3 is 0 Å². The van der Waals surface area contributed by atoms with Crippen molar-refractivity contribution >= 4 is 17.4 Å². The van der Waals surface area contributed by atoms with Gasteiger partial charge in [-0.05, 0) is 30.2 Å². The van der Waals surface area contributed by atoms with Gasteiger partial charge in [0, 0.05) is 28.7 Å². The van der Waals surface area contributed by atoms with E-state index in [9.17, 15) is 4.79 Å². The summed E-state index contributed by atoms with van der Waals surface area (Å²) in [6.07, 6.45) is 0.286. The number of halogens is 1. The van der Waals surface area contributed by atoms with E-state index in [1.54, 1.807) is 24.3 Å². The monoisotopic (exact) mass is 439 g/mol. The lowest BCUT2D eigenvalue weighted by molar-refractivity contribution is -0.196. The molecule has 5 nitrogen and oxygen atoms in total. The van der Waals surface area contributed by atoms with Crippen molar-refractivity contribution in [2.45, 2.75) is 66.4 Å². The molecule has 1 aliphatic carbocycles. The minimum absolute atomic E-state index is 0.000947. The van der Waals surface area contributed by atoms with E-state index in [1.807, 2.05) is 6.07 Å². The van der Waals surface area contributed by atoms with Crippen molar-refractivity contribution < 1.29 is 9.53 Å². The summed E-state index contributed by atoms with van der Waals surface area (Å²) in [4.78, 5) is 13.0. The lowest BCUT2D eigenvalue weighted by Crippen LogP contribution is -2.66. The van der Waals surface area contributed by atoms with Gasteiger partial charge in [-0.2, -0.15) is 10.4 Å². The van der Waals surface area contributed by atoms with Crippen LogP contribution in [0.25, 0.3) is 0 Å². The van der Waals surface area contributed by atoms with Crippen LogP contribution in [0, 0.1) is 28.1 Å². The Labute approximate surface area is 189 Å². The number of hydrogen-bond acceptors (Lipinski definition) is 5. The highest BCUT2D eigenvalue weighted by Gasteiger charge is 2.63. The van der Waals surface area contributed by atoms with E-state index in [2.05, 4.69) is 64.7 Å². The maximum atomic E-state index is 13.0. The van der Waals surface area contributed by atoms with E-state index in [0.29, 0.717) is 28.5 Å². The number of nitrogens with zero attached hydrogens (tertiary/aromatic N) is 3. The number of carbonyl (C=O) groups is 1. The molecule has 0 amide bonds. The molecule has 1 heterocycles. The summed E-state index contributed by atoms with van der Waals surface area (Å²) in [5, 5.41) is 17.9. The van der Waals surface area contributed by atoms with Gasteiger partial charge in [-0.3, -0.25) is 4.79 Å². The quantitative estimate of drug-likeness (QED) is 0.534. The van der Waals surface area contributed by atoms with E-state index in [-0.39, 0.29) is 34.1 Å². The van der Waals surface area contributed by atoms with Gasteiger partial charge in [0.15, 0.2) is 5.78 Å². The number of carbonyl (C=O) groups excluding carboxylic acids is 1. The van der Waals surface area contributed by atoms with E-state index in [1.165, 1.54) is 0 Å². The summed E-state index contributed by atoms with van der Waals surface area (Å²) in [5.41, 5.74) is 1.14. The van der Waals surface area contributed by atoms with Crippen LogP contribution < -0.4 is 4.74 Å². The lowest BCUT2D eigenvalue weighted by Gasteiger charge is -2.63. The molecule has 0 atom stereocenters. The van der Waals surface area contributed by atoms with Crippen molar-refractivity contribution in [1.29, 1.82) is 5.26 Å². The summed E-state index contributed by atoms with van der Waals surface area (Å²) in [6.45, 7) is 14.7. The van der Waals surface area contributed by atoms with Gasteiger partial charge in [-0.1, -0.05) is 60.1 Å². The van der Waals surface area contributed by atoms with Crippen molar-refractivity contribution in [3.63, 3.8) is 0 Å². The molecule has 3 rings (SSSR count). The van der Waals surface area contributed by atoms with Gasteiger partial charge in [0.05, 0.1) is 16.3 Å². The van der Waals surface area contributed by atoms with Crippen molar-refractivity contribution in [2.24, 2.45) is 16.7 Å². The van der Waals surface area contributed by atoms with Gasteiger partial charge in [-0.15, -0.1) is 5.10 Å². The van der Waals surface area contributed by atoms with E-state index < -0.39 is 0 Å². The molecule has 164 valence electrons. The van der Waals surface area contributed by atoms with Crippen molar-refractivity contribution in [3.8, 4) is 11.8 Å². The Hall–Kier alpha value is -2.45. The van der Waals surface area contributed by atoms with Crippen molar-refractivity contribution in [3.05, 3.63) is 52.3 Å². The molecule has 0 spiro atoms. The normalized spacial score (nSPS) is 21.6. The van der Waals surface area contributed by atoms with Crippen LogP contribution >= 0.6 is 11.6 Å². The molecule has 1 fully saturated rings. The third kappa shape index (κ3) is 4.32. The first-order valence-electron chi connectivity index (χ1n) is 10.5. The number of ether oxygens (including phenoxy) is 1.